The van der Waals surface area contributed by atoms with Crippen molar-refractivity contribution in [1.29, 1.82) is 0 Å². The molecule has 68 valence electrons. The van der Waals surface area contributed by atoms with E-state index < -0.39 is 0 Å². The monoisotopic (exact) mass is 184 g/mol. The van der Waals surface area contributed by atoms with Gasteiger partial charge in [0.25, 0.3) is 0 Å². The summed E-state index contributed by atoms with van der Waals surface area (Å²) >= 11 is 1.73. The minimum absolute atomic E-state index is 0.574. The van der Waals surface area contributed by atoms with E-state index >= 15 is 0 Å². The zero-order chi connectivity index (χ0) is 8.81. The van der Waals surface area contributed by atoms with Crippen molar-refractivity contribution in [3.8, 4) is 0 Å². The van der Waals surface area contributed by atoms with Crippen LogP contribution in [0.1, 0.15) is 36.9 Å². The summed E-state index contributed by atoms with van der Waals surface area (Å²) < 4.78 is 0. The highest BCUT2D eigenvalue weighted by Gasteiger charge is 1.99. The second-order valence-corrected chi connectivity index (χ2v) is 3.84. The highest BCUT2D eigenvalue weighted by Crippen LogP contribution is 2.12. The van der Waals surface area contributed by atoms with Crippen LogP contribution >= 0.6 is 11.3 Å². The molecule has 3 heteroatoms. The van der Waals surface area contributed by atoms with E-state index in [1.165, 1.54) is 24.3 Å². The molecule has 0 aliphatic carbocycles. The normalized spacial score (nSPS) is 10.5. The summed E-state index contributed by atoms with van der Waals surface area (Å²) in [6.45, 7) is 2.79. The number of unbranched alkanes of at least 4 members (excludes halogenated alkanes) is 2. The number of aryl methyl sites for hydroxylation is 1. The highest BCUT2D eigenvalue weighted by molar-refractivity contribution is 7.09. The largest absolute Gasteiger partial charge is 0.325 e. The van der Waals surface area contributed by atoms with Gasteiger partial charge in [0.15, 0.2) is 0 Å². The molecule has 2 nitrogen and oxygen atoms in total. The Morgan fingerprint density at radius 1 is 1.50 bits per heavy atom. The van der Waals surface area contributed by atoms with Crippen LogP contribution in [-0.4, -0.2) is 4.98 Å². The highest BCUT2D eigenvalue weighted by atomic mass is 32.1. The molecule has 1 rings (SSSR count). The zero-order valence-corrected chi connectivity index (χ0v) is 8.36. The molecule has 12 heavy (non-hydrogen) atoms. The number of hydrogen-bond donors (Lipinski definition) is 1. The molecule has 2 N–H and O–H groups in total. The molecule has 1 heterocycles. The fourth-order valence-electron chi connectivity index (χ4n) is 1.08. The molecule has 0 radical (unpaired) electrons. The molecule has 0 fully saturated rings. The number of nitrogens with two attached hydrogens (primary N) is 1. The van der Waals surface area contributed by atoms with Crippen LogP contribution in [0.25, 0.3) is 0 Å². The molecule has 0 saturated heterocycles. The number of thiazole rings is 1. The van der Waals surface area contributed by atoms with Crippen LogP contribution in [0.4, 0.5) is 0 Å². The van der Waals surface area contributed by atoms with Crippen LogP contribution in [-0.2, 0) is 13.0 Å². The Kier molecular flexibility index (Phi) is 4.25. The first-order chi connectivity index (χ1) is 5.86. The molecular formula is C9H16N2S. The van der Waals surface area contributed by atoms with Crippen molar-refractivity contribution in [2.24, 2.45) is 5.73 Å². The quantitative estimate of drug-likeness (QED) is 0.713. The molecule has 0 spiro atoms. The van der Waals surface area contributed by atoms with Crippen LogP contribution in [0.3, 0.4) is 0 Å². The minimum Gasteiger partial charge on any atom is -0.325 e. The Morgan fingerprint density at radius 3 is 2.92 bits per heavy atom. The first kappa shape index (κ1) is 9.68. The summed E-state index contributed by atoms with van der Waals surface area (Å²) in [5.41, 5.74) is 6.50. The first-order valence-electron chi connectivity index (χ1n) is 4.50. The van der Waals surface area contributed by atoms with Gasteiger partial charge in [-0.05, 0) is 12.8 Å². The number of aromatic nitrogens is 1. The SMILES string of the molecule is CCCCCc1nc(CN)cs1. The summed E-state index contributed by atoms with van der Waals surface area (Å²) in [5.74, 6) is 0. The van der Waals surface area contributed by atoms with Gasteiger partial charge >= 0.3 is 0 Å². The van der Waals surface area contributed by atoms with Gasteiger partial charge in [-0.2, -0.15) is 0 Å². The number of rotatable bonds is 5. The summed E-state index contributed by atoms with van der Waals surface area (Å²) in [7, 11) is 0. The molecule has 1 aromatic heterocycles. The fourth-order valence-corrected chi connectivity index (χ4v) is 1.94. The molecule has 1 aromatic rings. The van der Waals surface area contributed by atoms with Gasteiger partial charge in [0.2, 0.25) is 0 Å². The van der Waals surface area contributed by atoms with Gasteiger partial charge in [-0.3, -0.25) is 0 Å². The lowest BCUT2D eigenvalue weighted by Gasteiger charge is -1.93. The standard InChI is InChI=1S/C9H16N2S/c1-2-3-4-5-9-11-8(6-10)7-12-9/h7H,2-6,10H2,1H3. The van der Waals surface area contributed by atoms with E-state index in [2.05, 4.69) is 17.3 Å². The zero-order valence-electron chi connectivity index (χ0n) is 7.55. The van der Waals surface area contributed by atoms with Crippen LogP contribution in [0.2, 0.25) is 0 Å². The predicted molar refractivity (Wildman–Crippen MR) is 53.2 cm³/mol. The van der Waals surface area contributed by atoms with Gasteiger partial charge in [0.1, 0.15) is 0 Å². The smallest absolute Gasteiger partial charge is 0.0928 e. The second kappa shape index (κ2) is 5.27. The van der Waals surface area contributed by atoms with Crippen molar-refractivity contribution in [1.82, 2.24) is 4.98 Å². The van der Waals surface area contributed by atoms with E-state index in [1.807, 2.05) is 0 Å². The summed E-state index contributed by atoms with van der Waals surface area (Å²) in [6, 6.07) is 0. The van der Waals surface area contributed by atoms with Crippen molar-refractivity contribution >= 4 is 11.3 Å². The lowest BCUT2D eigenvalue weighted by molar-refractivity contribution is 0.713. The van der Waals surface area contributed by atoms with E-state index in [0.29, 0.717) is 6.54 Å². The van der Waals surface area contributed by atoms with Gasteiger partial charge in [-0.15, -0.1) is 11.3 Å². The average molecular weight is 184 g/mol. The summed E-state index contributed by atoms with van der Waals surface area (Å²) in [6.07, 6.45) is 4.96. The van der Waals surface area contributed by atoms with Crippen molar-refractivity contribution in [3.05, 3.63) is 16.1 Å². The molecule has 0 aliphatic heterocycles. The molecule has 0 bridgehead atoms. The lowest BCUT2D eigenvalue weighted by Crippen LogP contribution is -1.96. The summed E-state index contributed by atoms with van der Waals surface area (Å²) in [5, 5.41) is 3.30. The van der Waals surface area contributed by atoms with E-state index in [-0.39, 0.29) is 0 Å². The third-order valence-electron chi connectivity index (χ3n) is 1.80. The van der Waals surface area contributed by atoms with Gasteiger partial charge < -0.3 is 5.73 Å². The summed E-state index contributed by atoms with van der Waals surface area (Å²) in [4.78, 5) is 4.39. The molecule has 0 unspecified atom stereocenters. The molecule has 0 aromatic carbocycles. The Bertz CT molecular complexity index is 220. The maximum Gasteiger partial charge on any atom is 0.0928 e. The Balaban J connectivity index is 2.31. The van der Waals surface area contributed by atoms with Gasteiger partial charge in [-0.25, -0.2) is 4.98 Å². The van der Waals surface area contributed by atoms with Crippen LogP contribution in [0.5, 0.6) is 0 Å². The van der Waals surface area contributed by atoms with Gasteiger partial charge in [-0.1, -0.05) is 19.8 Å². The van der Waals surface area contributed by atoms with Crippen molar-refractivity contribution < 1.29 is 0 Å². The Morgan fingerprint density at radius 2 is 2.33 bits per heavy atom. The molecule has 0 saturated carbocycles. The molecule has 0 aliphatic rings. The maximum atomic E-state index is 5.46. The topological polar surface area (TPSA) is 38.9 Å². The fraction of sp³-hybridized carbons (Fsp3) is 0.667. The molecule has 0 amide bonds. The second-order valence-electron chi connectivity index (χ2n) is 2.89. The van der Waals surface area contributed by atoms with E-state index in [9.17, 15) is 0 Å². The predicted octanol–water partition coefficient (Wildman–Crippen LogP) is 2.33. The number of nitrogens with zero attached hydrogens (tertiary/aromatic N) is 1. The first-order valence-corrected chi connectivity index (χ1v) is 5.38. The van der Waals surface area contributed by atoms with Gasteiger partial charge in [0, 0.05) is 11.9 Å². The van der Waals surface area contributed by atoms with E-state index in [1.54, 1.807) is 11.3 Å². The maximum absolute atomic E-state index is 5.46. The minimum atomic E-state index is 0.574. The van der Waals surface area contributed by atoms with Crippen molar-refractivity contribution in [3.63, 3.8) is 0 Å². The Labute approximate surface area is 77.8 Å². The van der Waals surface area contributed by atoms with Crippen molar-refractivity contribution in [2.45, 2.75) is 39.2 Å². The van der Waals surface area contributed by atoms with Crippen LogP contribution in [0, 0.1) is 0 Å². The third-order valence-corrected chi connectivity index (χ3v) is 2.76. The molecular weight excluding hydrogens is 168 g/mol. The average Bonchev–Trinajstić information content (AvgIpc) is 2.53. The Hall–Kier alpha value is -0.410. The number of hydrogen-bond acceptors (Lipinski definition) is 3. The third kappa shape index (κ3) is 2.91. The van der Waals surface area contributed by atoms with E-state index in [4.69, 9.17) is 5.73 Å². The van der Waals surface area contributed by atoms with Crippen LogP contribution < -0.4 is 5.73 Å². The van der Waals surface area contributed by atoms with E-state index in [0.717, 1.165) is 12.1 Å². The van der Waals surface area contributed by atoms with Gasteiger partial charge in [0.05, 0.1) is 10.7 Å². The lowest BCUT2D eigenvalue weighted by atomic mass is 10.2. The van der Waals surface area contributed by atoms with Crippen molar-refractivity contribution in [2.75, 3.05) is 0 Å². The molecule has 0 atom stereocenters. The van der Waals surface area contributed by atoms with Crippen LogP contribution in [0.15, 0.2) is 5.38 Å².